The van der Waals surface area contributed by atoms with E-state index in [0.717, 1.165) is 18.7 Å². The molecule has 5 heteroatoms. The van der Waals surface area contributed by atoms with Gasteiger partial charge in [0.05, 0.1) is 6.04 Å². The summed E-state index contributed by atoms with van der Waals surface area (Å²) in [5.41, 5.74) is 0.632. The Hall–Kier alpha value is -1.49. The maximum Gasteiger partial charge on any atom is 0.195 e. The van der Waals surface area contributed by atoms with Crippen molar-refractivity contribution in [2.24, 2.45) is 0 Å². The molecular weight excluding hydrogens is 249 g/mol. The summed E-state index contributed by atoms with van der Waals surface area (Å²) in [7, 11) is 0. The smallest absolute Gasteiger partial charge is 0.195 e. The van der Waals surface area contributed by atoms with Gasteiger partial charge in [0, 0.05) is 12.0 Å². The third kappa shape index (κ3) is 2.36. The number of aromatic amines is 1. The van der Waals surface area contributed by atoms with E-state index in [-0.39, 0.29) is 11.9 Å². The van der Waals surface area contributed by atoms with Crippen LogP contribution in [0, 0.1) is 10.6 Å². The van der Waals surface area contributed by atoms with Crippen molar-refractivity contribution in [3.8, 4) is 0 Å². The molecule has 0 aliphatic rings. The van der Waals surface area contributed by atoms with Crippen LogP contribution in [0.5, 0.6) is 0 Å². The summed E-state index contributed by atoms with van der Waals surface area (Å²) in [6.45, 7) is 4.01. The van der Waals surface area contributed by atoms with Crippen LogP contribution in [-0.2, 0) is 6.42 Å². The molecule has 1 aromatic heterocycles. The lowest BCUT2D eigenvalue weighted by atomic mass is 10.1. The maximum absolute atomic E-state index is 13.8. The van der Waals surface area contributed by atoms with E-state index in [1.165, 1.54) is 6.07 Å². The number of nitrogens with zero attached hydrogens (tertiary/aromatic N) is 2. The molecule has 0 spiro atoms. The fourth-order valence-electron chi connectivity index (χ4n) is 2.09. The second-order valence-corrected chi connectivity index (χ2v) is 4.65. The van der Waals surface area contributed by atoms with Gasteiger partial charge in [0.15, 0.2) is 4.77 Å². The molecule has 96 valence electrons. The minimum Gasteiger partial charge on any atom is -0.297 e. The van der Waals surface area contributed by atoms with Crippen LogP contribution in [-0.4, -0.2) is 14.8 Å². The molecule has 1 heterocycles. The standard InChI is InChI=1S/C13H16FN3S/c1-3-6-12-15-16-13(18)17(12)9(2)10-7-4-5-8-11(10)14/h4-5,7-9H,3,6H2,1-2H3,(H,16,18). The minimum absolute atomic E-state index is 0.154. The summed E-state index contributed by atoms with van der Waals surface area (Å²) >= 11 is 5.23. The zero-order chi connectivity index (χ0) is 13.1. The van der Waals surface area contributed by atoms with Gasteiger partial charge in [-0.15, -0.1) is 0 Å². The molecule has 0 saturated heterocycles. The lowest BCUT2D eigenvalue weighted by Crippen LogP contribution is -2.12. The van der Waals surface area contributed by atoms with Crippen LogP contribution in [0.15, 0.2) is 24.3 Å². The van der Waals surface area contributed by atoms with Crippen LogP contribution in [0.4, 0.5) is 4.39 Å². The van der Waals surface area contributed by atoms with Crippen molar-refractivity contribution in [3.05, 3.63) is 46.2 Å². The van der Waals surface area contributed by atoms with Gasteiger partial charge in [0.2, 0.25) is 0 Å². The van der Waals surface area contributed by atoms with E-state index in [4.69, 9.17) is 12.2 Å². The Morgan fingerprint density at radius 2 is 2.17 bits per heavy atom. The van der Waals surface area contributed by atoms with E-state index < -0.39 is 0 Å². The Bertz CT molecular complexity index is 588. The molecule has 18 heavy (non-hydrogen) atoms. The van der Waals surface area contributed by atoms with E-state index in [2.05, 4.69) is 17.1 Å². The number of hydrogen-bond acceptors (Lipinski definition) is 2. The second kappa shape index (κ2) is 5.44. The van der Waals surface area contributed by atoms with Gasteiger partial charge in [-0.1, -0.05) is 25.1 Å². The fraction of sp³-hybridized carbons (Fsp3) is 0.385. The molecule has 2 aromatic rings. The van der Waals surface area contributed by atoms with Gasteiger partial charge in [0.25, 0.3) is 0 Å². The molecule has 0 saturated carbocycles. The molecular formula is C13H16FN3S. The first-order chi connectivity index (χ1) is 8.65. The summed E-state index contributed by atoms with van der Waals surface area (Å²) in [6.07, 6.45) is 1.80. The Labute approximate surface area is 111 Å². The topological polar surface area (TPSA) is 33.6 Å². The van der Waals surface area contributed by atoms with Crippen molar-refractivity contribution in [3.63, 3.8) is 0 Å². The fourth-order valence-corrected chi connectivity index (χ4v) is 2.40. The van der Waals surface area contributed by atoms with Crippen molar-refractivity contribution in [1.29, 1.82) is 0 Å². The number of hydrogen-bond donors (Lipinski definition) is 1. The number of aryl methyl sites for hydroxylation is 1. The van der Waals surface area contributed by atoms with Gasteiger partial charge in [-0.05, 0) is 31.6 Å². The highest BCUT2D eigenvalue weighted by Gasteiger charge is 2.16. The van der Waals surface area contributed by atoms with E-state index in [1.807, 2.05) is 17.6 Å². The van der Waals surface area contributed by atoms with E-state index in [0.29, 0.717) is 10.3 Å². The third-order valence-corrected chi connectivity index (χ3v) is 3.28. The predicted octanol–water partition coefficient (Wildman–Crippen LogP) is 3.64. The molecule has 0 radical (unpaired) electrons. The van der Waals surface area contributed by atoms with Crippen molar-refractivity contribution >= 4 is 12.2 Å². The molecule has 0 amide bonds. The highest BCUT2D eigenvalue weighted by Crippen LogP contribution is 2.22. The summed E-state index contributed by atoms with van der Waals surface area (Å²) in [5.74, 6) is 0.661. The monoisotopic (exact) mass is 265 g/mol. The van der Waals surface area contributed by atoms with Crippen LogP contribution < -0.4 is 0 Å². The normalized spacial score (nSPS) is 12.6. The average molecular weight is 265 g/mol. The molecule has 1 atom stereocenters. The molecule has 0 fully saturated rings. The van der Waals surface area contributed by atoms with Crippen LogP contribution in [0.2, 0.25) is 0 Å². The Morgan fingerprint density at radius 1 is 1.44 bits per heavy atom. The molecule has 1 aromatic carbocycles. The second-order valence-electron chi connectivity index (χ2n) is 4.26. The molecule has 3 nitrogen and oxygen atoms in total. The van der Waals surface area contributed by atoms with Gasteiger partial charge in [-0.3, -0.25) is 9.67 Å². The lowest BCUT2D eigenvalue weighted by Gasteiger charge is -2.16. The first-order valence-electron chi connectivity index (χ1n) is 6.05. The summed E-state index contributed by atoms with van der Waals surface area (Å²) < 4.78 is 16.2. The highest BCUT2D eigenvalue weighted by molar-refractivity contribution is 7.71. The zero-order valence-corrected chi connectivity index (χ0v) is 11.3. The molecule has 2 rings (SSSR count). The minimum atomic E-state index is -0.212. The van der Waals surface area contributed by atoms with Gasteiger partial charge in [-0.25, -0.2) is 4.39 Å². The van der Waals surface area contributed by atoms with Gasteiger partial charge >= 0.3 is 0 Å². The van der Waals surface area contributed by atoms with E-state index in [9.17, 15) is 4.39 Å². The third-order valence-electron chi connectivity index (χ3n) is 2.99. The quantitative estimate of drug-likeness (QED) is 0.856. The van der Waals surface area contributed by atoms with Gasteiger partial charge in [-0.2, -0.15) is 5.10 Å². The number of halogens is 1. The van der Waals surface area contributed by atoms with Crippen molar-refractivity contribution in [1.82, 2.24) is 14.8 Å². The summed E-state index contributed by atoms with van der Waals surface area (Å²) in [6, 6.07) is 6.61. The Balaban J connectivity index is 2.46. The van der Waals surface area contributed by atoms with Crippen molar-refractivity contribution < 1.29 is 4.39 Å². The number of H-pyrrole nitrogens is 1. The summed E-state index contributed by atoms with van der Waals surface area (Å²) in [4.78, 5) is 0. The maximum atomic E-state index is 13.8. The lowest BCUT2D eigenvalue weighted by molar-refractivity contribution is 0.538. The van der Waals surface area contributed by atoms with Gasteiger partial charge < -0.3 is 0 Å². The van der Waals surface area contributed by atoms with E-state index >= 15 is 0 Å². The largest absolute Gasteiger partial charge is 0.297 e. The number of rotatable bonds is 4. The first kappa shape index (κ1) is 13.0. The molecule has 0 aliphatic heterocycles. The van der Waals surface area contributed by atoms with Crippen molar-refractivity contribution in [2.45, 2.75) is 32.7 Å². The number of nitrogens with one attached hydrogen (secondary N) is 1. The number of benzene rings is 1. The zero-order valence-electron chi connectivity index (χ0n) is 10.5. The van der Waals surface area contributed by atoms with Crippen molar-refractivity contribution in [2.75, 3.05) is 0 Å². The SMILES string of the molecule is CCCc1n[nH]c(=S)n1C(C)c1ccccc1F. The number of aromatic nitrogens is 3. The first-order valence-corrected chi connectivity index (χ1v) is 6.46. The van der Waals surface area contributed by atoms with Crippen LogP contribution in [0.25, 0.3) is 0 Å². The van der Waals surface area contributed by atoms with Gasteiger partial charge in [0.1, 0.15) is 11.6 Å². The molecule has 1 N–H and O–H groups in total. The molecule has 0 aliphatic carbocycles. The average Bonchev–Trinajstić information content (AvgIpc) is 2.71. The predicted molar refractivity (Wildman–Crippen MR) is 71.6 cm³/mol. The summed E-state index contributed by atoms with van der Waals surface area (Å²) in [5, 5.41) is 6.99. The Morgan fingerprint density at radius 3 is 2.83 bits per heavy atom. The Kier molecular flexibility index (Phi) is 3.91. The van der Waals surface area contributed by atoms with Crippen LogP contribution >= 0.6 is 12.2 Å². The highest BCUT2D eigenvalue weighted by atomic mass is 32.1. The van der Waals surface area contributed by atoms with E-state index in [1.54, 1.807) is 12.1 Å². The molecule has 1 unspecified atom stereocenters. The van der Waals surface area contributed by atoms with Crippen LogP contribution in [0.3, 0.4) is 0 Å². The van der Waals surface area contributed by atoms with Crippen LogP contribution in [0.1, 0.15) is 37.7 Å². The molecule has 0 bridgehead atoms.